The lowest BCUT2D eigenvalue weighted by Gasteiger charge is -2.28. The fourth-order valence-corrected chi connectivity index (χ4v) is 19.2. The zero-order chi connectivity index (χ0) is 110. The van der Waals surface area contributed by atoms with Crippen LogP contribution in [0.25, 0.3) is 33.1 Å². The minimum absolute atomic E-state index is 0.00221. The molecule has 3 aromatic heterocycles. The van der Waals surface area contributed by atoms with Crippen molar-refractivity contribution in [3.05, 3.63) is 253 Å². The molecule has 15 N–H and O–H groups in total. The van der Waals surface area contributed by atoms with Gasteiger partial charge < -0.3 is 68.0 Å². The van der Waals surface area contributed by atoms with Crippen molar-refractivity contribution in [2.45, 2.75) is 264 Å². The maximum absolute atomic E-state index is 12.6. The molecule has 792 valence electrons. The Bertz CT molecular complexity index is 6640. The monoisotopic (exact) mass is 2440 g/mol. The Kier molecular flexibility index (Phi) is 48.7. The van der Waals surface area contributed by atoms with Crippen LogP contribution < -0.4 is 28.3 Å². The standard InChI is InChI=1S/C17H23BrN2O3.C17H22N2Si.C14H14N2.C12H15BrN2O.C12H13BrN2.C10H17NO4.C8H7BrO.C7H5BrO2.C7H6O2.C6H7BrN2.C5H10Si/c1-17(2,3)23-16(22)20-8-4-5-14(20)15(21)9-11-6-7-12(18)10-13(11)19;1-20(2,3)11-10-13-8-9-15-16(12-13)19-17(18-15)14-6-4-5-7-14;1-2-10-7-8-12-13(9-10)16-14(15-12)11-5-3-4-6-11;13-9-5-6-10(14)11(7-9)15-12(16)8-3-1-2-4-8;13-9-5-6-10-11(7-9)15-12(14-10)8-3-1-2-4-8;1-10(2,3)15-9(14)11-6-4-5-7(11)8(12)13;1-6-2-3-8(9)7(4-6)5-10;8-7-2-1-6(10)3-5(7)4-9;8-5-6-2-1-3-7(9)4-6;7-4-1-2-5(8)6(9)3-4;1-5-6(2,3)4/h6-7,10,14H,4-5,8-9,19H2,1-3H3;8-9,12,14H,4-7H2,1-3H3,(H,18,19);1,7-9,11H,3-6H2,(H,15,16);5-8H,1-4,14H2,(H,15,16);5-8H,1-4H2,(H,14,15);7H,4-6H2,1-3H3,(H,12,13);2-5H,1H3;1-4,10H;1-5,9H;1-3H,8-9H2;1H,2-4H3/t14-;;;;;7-;;;;;/m0....0...../s1. The number of rotatable bonds is 12. The van der Waals surface area contributed by atoms with E-state index in [0.717, 1.165) is 128 Å². The third-order valence-corrected chi connectivity index (χ3v) is 29.4. The van der Waals surface area contributed by atoms with Crippen molar-refractivity contribution < 1.29 is 63.1 Å². The van der Waals surface area contributed by atoms with Gasteiger partial charge in [-0.15, -0.1) is 23.9 Å². The summed E-state index contributed by atoms with van der Waals surface area (Å²) in [6, 6.07) is 50.1. The molecule has 18 rings (SSSR count). The number of carbonyl (C=O) groups is 8. The number of benzene rings is 9. The van der Waals surface area contributed by atoms with E-state index < -0.39 is 57.6 Å². The summed E-state index contributed by atoms with van der Waals surface area (Å²) in [5.41, 5.74) is 42.9. The number of terminal acetylenes is 2. The number of aldehydes is 3. The average Bonchev–Trinajstić information content (AvgIpc) is 1.67. The van der Waals surface area contributed by atoms with Crippen LogP contribution in [0.15, 0.2) is 197 Å². The Morgan fingerprint density at radius 3 is 1.33 bits per heavy atom. The van der Waals surface area contributed by atoms with Crippen molar-refractivity contribution >= 4 is 222 Å². The van der Waals surface area contributed by atoms with Crippen LogP contribution in [-0.2, 0) is 30.3 Å². The Morgan fingerprint density at radius 2 is 0.893 bits per heavy atom. The van der Waals surface area contributed by atoms with E-state index in [2.05, 4.69) is 218 Å². The fourth-order valence-electron chi connectivity index (χ4n) is 16.5. The van der Waals surface area contributed by atoms with Crippen LogP contribution in [0, 0.1) is 48.6 Å². The van der Waals surface area contributed by atoms with Crippen LogP contribution >= 0.6 is 95.6 Å². The third-order valence-electron chi connectivity index (χ3n) is 24.2. The SMILES string of the molecule is Brc1ccc2nc(C3CCCC3)[nH]c2c1.C#C[Si](C)(C)C.C#Cc1ccc2nc(C3CCCC3)[nH]c2c1.CC(C)(C)OC(=O)N1CCC[C@H]1C(=O)Cc1ccc(Br)cc1N.CC(C)(C)OC(=O)N1CCC[C@H]1C(=O)O.C[Si](C)(C)C#Cc1ccc2nc(C3CCCC3)[nH]c2c1.Cc1ccc(Br)c(C=O)c1.Nc1ccc(Br)cc1N.Nc1ccc(Br)cc1NC(=O)C1CCCC1.O=Cc1cc(O)ccc1Br.O=Cc1cccc(O)c1. The van der Waals surface area contributed by atoms with Gasteiger partial charge in [-0.25, -0.2) is 29.3 Å². The molecule has 3 amide bonds. The number of imidazole rings is 3. The molecule has 26 nitrogen and oxygen atoms in total. The maximum atomic E-state index is 12.6. The molecule has 34 heteroatoms. The number of aromatic hydroxyl groups is 2. The molecule has 2 saturated heterocycles. The number of amides is 3. The zero-order valence-corrected chi connectivity index (χ0v) is 98.5. The number of aryl methyl sites for hydroxylation is 1. The van der Waals surface area contributed by atoms with Crippen molar-refractivity contribution in [1.29, 1.82) is 0 Å². The third kappa shape index (κ3) is 42.2. The van der Waals surface area contributed by atoms with Crippen LogP contribution in [0.5, 0.6) is 11.5 Å². The minimum Gasteiger partial charge on any atom is -0.508 e. The molecule has 0 spiro atoms. The number of likely N-dealkylation sites (tertiary alicyclic amines) is 2. The van der Waals surface area contributed by atoms with Crippen LogP contribution in [0.2, 0.25) is 39.3 Å². The van der Waals surface area contributed by atoms with Gasteiger partial charge in [0.05, 0.1) is 61.9 Å². The summed E-state index contributed by atoms with van der Waals surface area (Å²) in [6.45, 7) is 27.0. The van der Waals surface area contributed by atoms with Gasteiger partial charge in [0.1, 0.15) is 68.7 Å². The van der Waals surface area contributed by atoms with Gasteiger partial charge in [0.2, 0.25) is 5.91 Å². The fraction of sp³-hybridized carbons (Fsp3) is 0.383. The summed E-state index contributed by atoms with van der Waals surface area (Å²) in [5.74, 6) is 10.9. The van der Waals surface area contributed by atoms with Crippen molar-refractivity contribution in [3.8, 4) is 47.3 Å². The first-order valence-electron chi connectivity index (χ1n) is 49.9. The summed E-state index contributed by atoms with van der Waals surface area (Å²) >= 11 is 19.9. The number of nitrogens with zero attached hydrogens (tertiary/aromatic N) is 5. The number of ether oxygens (including phenoxy) is 2. The molecule has 2 atom stereocenters. The first-order chi connectivity index (χ1) is 70.4. The summed E-state index contributed by atoms with van der Waals surface area (Å²) in [4.78, 5) is 117. The predicted octanol–water partition coefficient (Wildman–Crippen LogP) is 28.7. The van der Waals surface area contributed by atoms with Gasteiger partial charge >= 0.3 is 18.2 Å². The van der Waals surface area contributed by atoms with Gasteiger partial charge in [-0.3, -0.25) is 33.8 Å². The molecule has 12 aromatic rings. The van der Waals surface area contributed by atoms with Gasteiger partial charge in [0.15, 0.2) is 18.4 Å². The molecular formula is C115H139Br6N13O13Si2. The number of carbonyl (C=O) groups excluding carboxylic acids is 7. The number of halogens is 6. The molecule has 0 radical (unpaired) electrons. The van der Waals surface area contributed by atoms with Gasteiger partial charge in [0, 0.05) is 104 Å². The number of aromatic nitrogens is 6. The Balaban J connectivity index is 0.000000203. The Labute approximate surface area is 928 Å². The van der Waals surface area contributed by atoms with Crippen LogP contribution in [0.3, 0.4) is 0 Å². The molecule has 4 saturated carbocycles. The summed E-state index contributed by atoms with van der Waals surface area (Å²) in [6.07, 6.45) is 34.8. The second-order valence-corrected chi connectivity index (χ2v) is 56.0. The minimum atomic E-state index is -1.31. The van der Waals surface area contributed by atoms with E-state index in [-0.39, 0.29) is 35.5 Å². The Hall–Kier alpha value is -11.7. The highest BCUT2D eigenvalue weighted by molar-refractivity contribution is 9.11. The van der Waals surface area contributed by atoms with Gasteiger partial charge in [-0.05, 0) is 277 Å². The molecule has 0 bridgehead atoms. The number of ketones is 1. The lowest BCUT2D eigenvalue weighted by molar-refractivity contribution is -0.142. The van der Waals surface area contributed by atoms with E-state index in [4.69, 9.17) is 65.6 Å². The molecule has 2 aliphatic heterocycles. The molecule has 149 heavy (non-hydrogen) atoms. The number of carboxylic acid groups (broad SMARTS) is 1. The second kappa shape index (κ2) is 59.2. The number of carboxylic acids is 1. The number of Topliss-reactive ketones (excluding diaryl/α,β-unsaturated/α-hetero) is 1. The maximum Gasteiger partial charge on any atom is 0.411 e. The predicted molar refractivity (Wildman–Crippen MR) is 628 cm³/mol. The number of hydrogen-bond donors (Lipinski definition) is 11. The topological polar surface area (TPSA) is 424 Å². The van der Waals surface area contributed by atoms with E-state index >= 15 is 0 Å². The number of fused-ring (bicyclic) bond motifs is 3. The summed E-state index contributed by atoms with van der Waals surface area (Å²) in [7, 11) is -2.41. The first kappa shape index (κ1) is 123. The number of nitrogens with one attached hydrogen (secondary N) is 4. The number of aliphatic carboxylic acids is 1. The Morgan fingerprint density at radius 1 is 0.470 bits per heavy atom. The largest absolute Gasteiger partial charge is 0.508 e. The van der Waals surface area contributed by atoms with E-state index in [1.165, 1.54) is 118 Å². The number of nitrogen functional groups attached to an aromatic ring is 4. The normalized spacial score (nSPS) is 15.3. The van der Waals surface area contributed by atoms with Gasteiger partial charge in [0.25, 0.3) is 0 Å². The smallest absolute Gasteiger partial charge is 0.411 e. The van der Waals surface area contributed by atoms with Crippen LogP contribution in [-0.4, -0.2) is 156 Å². The highest BCUT2D eigenvalue weighted by Gasteiger charge is 2.39. The summed E-state index contributed by atoms with van der Waals surface area (Å²) in [5, 5.41) is 29.5. The highest BCUT2D eigenvalue weighted by Crippen LogP contribution is 2.39. The highest BCUT2D eigenvalue weighted by atomic mass is 79.9. The lowest BCUT2D eigenvalue weighted by atomic mass is 10.0. The number of phenolic OH excluding ortho intramolecular Hbond substituents is 2. The molecule has 9 aromatic carbocycles. The van der Waals surface area contributed by atoms with Crippen LogP contribution in [0.1, 0.15) is 259 Å². The number of phenols is 2. The molecule has 0 unspecified atom stereocenters. The number of hydrogen-bond acceptors (Lipinski definition) is 19. The van der Waals surface area contributed by atoms with E-state index in [0.29, 0.717) is 106 Å². The summed E-state index contributed by atoms with van der Waals surface area (Å²) < 4.78 is 15.9. The number of nitrogens with two attached hydrogens (primary N) is 4. The van der Waals surface area contributed by atoms with E-state index in [1.54, 1.807) is 68.1 Å². The molecular weight excluding hydrogens is 2310 g/mol. The van der Waals surface area contributed by atoms with E-state index in [9.17, 15) is 38.4 Å². The average molecular weight is 2450 g/mol. The van der Waals surface area contributed by atoms with Crippen LogP contribution in [0.4, 0.5) is 38.0 Å². The van der Waals surface area contributed by atoms with Gasteiger partial charge in [-0.1, -0.05) is 228 Å². The van der Waals surface area contributed by atoms with Crippen molar-refractivity contribution in [2.24, 2.45) is 5.92 Å². The number of anilines is 5. The van der Waals surface area contributed by atoms with Gasteiger partial charge in [-0.2, -0.15) is 0 Å². The molecule has 6 fully saturated rings. The van der Waals surface area contributed by atoms with E-state index in [1.807, 2.05) is 100 Å². The second-order valence-electron chi connectivity index (χ2n) is 41.1. The van der Waals surface area contributed by atoms with Crippen molar-refractivity contribution in [1.82, 2.24) is 39.7 Å². The van der Waals surface area contributed by atoms with Crippen molar-refractivity contribution in [3.63, 3.8) is 0 Å². The molecule has 4 aliphatic carbocycles. The number of aromatic amines is 3. The number of H-pyrrole nitrogens is 3. The zero-order valence-electron chi connectivity index (χ0n) is 87.0. The molecule has 6 aliphatic rings. The first-order valence-corrected chi connectivity index (χ1v) is 61.6. The lowest BCUT2D eigenvalue weighted by Crippen LogP contribution is -2.43. The van der Waals surface area contributed by atoms with Crippen molar-refractivity contribution in [2.75, 3.05) is 41.3 Å². The molecule has 5 heterocycles. The quantitative estimate of drug-likeness (QED) is 0.0234.